The smallest absolute Gasteiger partial charge is 0.230 e. The highest BCUT2D eigenvalue weighted by Crippen LogP contribution is 2.23. The van der Waals surface area contributed by atoms with Crippen LogP contribution in [0.1, 0.15) is 23.7 Å². The first kappa shape index (κ1) is 13.4. The van der Waals surface area contributed by atoms with Crippen LogP contribution in [0.25, 0.3) is 11.0 Å². The fourth-order valence-corrected chi connectivity index (χ4v) is 2.29. The lowest BCUT2D eigenvalue weighted by Gasteiger charge is -2.00. The van der Waals surface area contributed by atoms with Crippen molar-refractivity contribution in [2.24, 2.45) is 0 Å². The normalized spacial score (nSPS) is 11.0. The predicted molar refractivity (Wildman–Crippen MR) is 81.3 cm³/mol. The Kier molecular flexibility index (Phi) is 3.48. The number of benzene rings is 1. The molecule has 2 N–H and O–H groups in total. The summed E-state index contributed by atoms with van der Waals surface area (Å²) in [7, 11) is 0. The number of aromatic nitrogens is 2. The Morgan fingerprint density at radius 3 is 3.00 bits per heavy atom. The van der Waals surface area contributed by atoms with Crippen LogP contribution in [0.3, 0.4) is 0 Å². The van der Waals surface area contributed by atoms with Crippen LogP contribution in [0, 0.1) is 6.92 Å². The summed E-state index contributed by atoms with van der Waals surface area (Å²) in [5.74, 6) is 0.452. The average Bonchev–Trinajstić information content (AvgIpc) is 3.06. The Balaban J connectivity index is 1.74. The molecule has 0 aliphatic heterocycles. The summed E-state index contributed by atoms with van der Waals surface area (Å²) in [4.78, 5) is 12.1. The SMILES string of the molecule is CCc1cc(NC(=O)Cc2coc3cc(C)ccc23)n[nH]1. The highest BCUT2D eigenvalue weighted by Gasteiger charge is 2.11. The molecule has 0 atom stereocenters. The molecule has 0 aliphatic carbocycles. The van der Waals surface area contributed by atoms with Gasteiger partial charge in [0.1, 0.15) is 5.58 Å². The number of nitrogens with zero attached hydrogens (tertiary/aromatic N) is 1. The summed E-state index contributed by atoms with van der Waals surface area (Å²) < 4.78 is 5.50. The molecular formula is C16H17N3O2. The number of furan rings is 1. The highest BCUT2D eigenvalue weighted by atomic mass is 16.3. The minimum absolute atomic E-state index is 0.104. The van der Waals surface area contributed by atoms with Gasteiger partial charge in [-0.1, -0.05) is 19.1 Å². The number of anilines is 1. The Hall–Kier alpha value is -2.56. The van der Waals surface area contributed by atoms with Crippen LogP contribution < -0.4 is 5.32 Å². The number of hydrogen-bond donors (Lipinski definition) is 2. The second-order valence-electron chi connectivity index (χ2n) is 5.12. The second kappa shape index (κ2) is 5.44. The topological polar surface area (TPSA) is 70.9 Å². The van der Waals surface area contributed by atoms with Crippen LogP contribution in [0.15, 0.2) is 34.9 Å². The van der Waals surface area contributed by atoms with Crippen LogP contribution >= 0.6 is 0 Å². The van der Waals surface area contributed by atoms with Crippen LogP contribution in [-0.4, -0.2) is 16.1 Å². The molecule has 3 aromatic rings. The molecule has 1 amide bonds. The van der Waals surface area contributed by atoms with E-state index in [0.29, 0.717) is 5.82 Å². The number of rotatable bonds is 4. The van der Waals surface area contributed by atoms with E-state index in [1.165, 1.54) is 0 Å². The fraction of sp³-hybridized carbons (Fsp3) is 0.250. The maximum absolute atomic E-state index is 12.1. The first-order valence-corrected chi connectivity index (χ1v) is 6.96. The van der Waals surface area contributed by atoms with Gasteiger partial charge in [0.25, 0.3) is 0 Å². The first-order valence-electron chi connectivity index (χ1n) is 6.96. The van der Waals surface area contributed by atoms with E-state index in [4.69, 9.17) is 4.42 Å². The molecule has 0 saturated heterocycles. The zero-order valence-corrected chi connectivity index (χ0v) is 12.1. The Labute approximate surface area is 122 Å². The van der Waals surface area contributed by atoms with Gasteiger partial charge in [0, 0.05) is 22.7 Å². The Bertz CT molecular complexity index is 786. The van der Waals surface area contributed by atoms with Gasteiger partial charge in [0.2, 0.25) is 5.91 Å². The molecule has 21 heavy (non-hydrogen) atoms. The lowest BCUT2D eigenvalue weighted by Crippen LogP contribution is -2.14. The molecule has 0 aliphatic rings. The summed E-state index contributed by atoms with van der Waals surface area (Å²) in [6.45, 7) is 4.04. The van der Waals surface area contributed by atoms with E-state index in [1.54, 1.807) is 6.26 Å². The Morgan fingerprint density at radius 1 is 1.38 bits per heavy atom. The zero-order chi connectivity index (χ0) is 14.8. The van der Waals surface area contributed by atoms with Crippen LogP contribution in [0.2, 0.25) is 0 Å². The molecular weight excluding hydrogens is 266 g/mol. The molecule has 0 bridgehead atoms. The third kappa shape index (κ3) is 2.81. The largest absolute Gasteiger partial charge is 0.464 e. The maximum atomic E-state index is 12.1. The van der Waals surface area contributed by atoms with Crippen molar-refractivity contribution in [3.05, 3.63) is 47.3 Å². The maximum Gasteiger partial charge on any atom is 0.230 e. The van der Waals surface area contributed by atoms with E-state index in [-0.39, 0.29) is 12.3 Å². The van der Waals surface area contributed by atoms with Crippen molar-refractivity contribution in [2.45, 2.75) is 26.7 Å². The number of H-pyrrole nitrogens is 1. The van der Waals surface area contributed by atoms with Gasteiger partial charge >= 0.3 is 0 Å². The van der Waals surface area contributed by atoms with Crippen molar-refractivity contribution in [3.63, 3.8) is 0 Å². The van der Waals surface area contributed by atoms with Crippen molar-refractivity contribution < 1.29 is 9.21 Å². The van der Waals surface area contributed by atoms with Crippen molar-refractivity contribution in [2.75, 3.05) is 5.32 Å². The van der Waals surface area contributed by atoms with Gasteiger partial charge in [-0.05, 0) is 25.0 Å². The molecule has 0 fully saturated rings. The van der Waals surface area contributed by atoms with Gasteiger partial charge in [-0.2, -0.15) is 5.10 Å². The van der Waals surface area contributed by atoms with Gasteiger partial charge in [0.05, 0.1) is 12.7 Å². The van der Waals surface area contributed by atoms with Gasteiger partial charge in [-0.3, -0.25) is 9.89 Å². The molecule has 5 heteroatoms. The van der Waals surface area contributed by atoms with Crippen LogP contribution in [0.4, 0.5) is 5.82 Å². The molecule has 108 valence electrons. The number of aryl methyl sites for hydroxylation is 2. The van der Waals surface area contributed by atoms with Crippen LogP contribution in [-0.2, 0) is 17.6 Å². The molecule has 3 rings (SSSR count). The number of carbonyl (C=O) groups excluding carboxylic acids is 1. The molecule has 2 aromatic heterocycles. The number of aromatic amines is 1. The van der Waals surface area contributed by atoms with E-state index in [0.717, 1.165) is 34.2 Å². The summed E-state index contributed by atoms with van der Waals surface area (Å²) in [6, 6.07) is 7.81. The number of nitrogens with one attached hydrogen (secondary N) is 2. The van der Waals surface area contributed by atoms with Gasteiger partial charge in [-0.25, -0.2) is 0 Å². The monoisotopic (exact) mass is 283 g/mol. The number of fused-ring (bicyclic) bond motifs is 1. The minimum atomic E-state index is -0.104. The van der Waals surface area contributed by atoms with E-state index in [2.05, 4.69) is 15.5 Å². The molecule has 2 heterocycles. The molecule has 1 aromatic carbocycles. The van der Waals surface area contributed by atoms with Gasteiger partial charge in [0.15, 0.2) is 5.82 Å². The second-order valence-corrected chi connectivity index (χ2v) is 5.12. The van der Waals surface area contributed by atoms with Gasteiger partial charge < -0.3 is 9.73 Å². The lowest BCUT2D eigenvalue weighted by atomic mass is 10.1. The zero-order valence-electron chi connectivity index (χ0n) is 12.1. The predicted octanol–water partition coefficient (Wildman–Crippen LogP) is 3.21. The molecule has 0 unspecified atom stereocenters. The lowest BCUT2D eigenvalue weighted by molar-refractivity contribution is -0.115. The number of hydrogen-bond acceptors (Lipinski definition) is 3. The summed E-state index contributed by atoms with van der Waals surface area (Å²) in [6.07, 6.45) is 2.77. The molecule has 5 nitrogen and oxygen atoms in total. The van der Waals surface area contributed by atoms with E-state index in [9.17, 15) is 4.79 Å². The van der Waals surface area contributed by atoms with Crippen molar-refractivity contribution in [3.8, 4) is 0 Å². The van der Waals surface area contributed by atoms with E-state index < -0.39 is 0 Å². The number of carbonyl (C=O) groups is 1. The summed E-state index contributed by atoms with van der Waals surface area (Å²) in [5, 5.41) is 10.7. The van der Waals surface area contributed by atoms with Crippen molar-refractivity contribution >= 4 is 22.7 Å². The summed E-state index contributed by atoms with van der Waals surface area (Å²) in [5.41, 5.74) is 3.82. The Morgan fingerprint density at radius 2 is 2.24 bits per heavy atom. The van der Waals surface area contributed by atoms with Gasteiger partial charge in [-0.15, -0.1) is 0 Å². The number of amides is 1. The average molecular weight is 283 g/mol. The minimum Gasteiger partial charge on any atom is -0.464 e. The fourth-order valence-electron chi connectivity index (χ4n) is 2.29. The van der Waals surface area contributed by atoms with Crippen molar-refractivity contribution in [1.29, 1.82) is 0 Å². The van der Waals surface area contributed by atoms with E-state index in [1.807, 2.05) is 38.1 Å². The van der Waals surface area contributed by atoms with E-state index >= 15 is 0 Å². The summed E-state index contributed by atoms with van der Waals surface area (Å²) >= 11 is 0. The first-order chi connectivity index (χ1) is 10.2. The molecule has 0 saturated carbocycles. The van der Waals surface area contributed by atoms with Crippen molar-refractivity contribution in [1.82, 2.24) is 10.2 Å². The third-order valence-electron chi connectivity index (χ3n) is 3.44. The van der Waals surface area contributed by atoms with Crippen LogP contribution in [0.5, 0.6) is 0 Å². The third-order valence-corrected chi connectivity index (χ3v) is 3.44. The standard InChI is InChI=1S/C16H17N3O2/c1-3-12-8-15(19-18-12)17-16(20)7-11-9-21-14-6-10(2)4-5-13(11)14/h4-6,8-9H,3,7H2,1-2H3,(H2,17,18,19,20). The quantitative estimate of drug-likeness (QED) is 0.772. The molecule has 0 radical (unpaired) electrons. The highest BCUT2D eigenvalue weighted by molar-refractivity contribution is 5.94. The molecule has 0 spiro atoms.